The molecular formula is C34H28N2S2. The van der Waals surface area contributed by atoms with Crippen LogP contribution >= 0.6 is 23.5 Å². The largest absolute Gasteiger partial charge is 0.241 e. The molecule has 186 valence electrons. The highest BCUT2D eigenvalue weighted by Crippen LogP contribution is 2.29. The van der Waals surface area contributed by atoms with E-state index in [0.29, 0.717) is 0 Å². The maximum absolute atomic E-state index is 4.83. The fourth-order valence-electron chi connectivity index (χ4n) is 4.69. The zero-order chi connectivity index (χ0) is 25.9. The highest BCUT2D eigenvalue weighted by molar-refractivity contribution is 7.98. The quantitative estimate of drug-likeness (QED) is 0.193. The van der Waals surface area contributed by atoms with E-state index >= 15 is 0 Å². The summed E-state index contributed by atoms with van der Waals surface area (Å²) in [4.78, 5) is 9.67. The van der Waals surface area contributed by atoms with Crippen molar-refractivity contribution in [2.24, 2.45) is 0 Å². The number of thioether (sulfide) groups is 2. The lowest BCUT2D eigenvalue weighted by molar-refractivity contribution is 1.16. The summed E-state index contributed by atoms with van der Waals surface area (Å²) in [6.45, 7) is 4.32. The summed E-state index contributed by atoms with van der Waals surface area (Å²) in [5.74, 6) is 1.81. The lowest BCUT2D eigenvalue weighted by Crippen LogP contribution is -1.89. The van der Waals surface area contributed by atoms with E-state index < -0.39 is 0 Å². The van der Waals surface area contributed by atoms with Crippen LogP contribution in [0.3, 0.4) is 0 Å². The van der Waals surface area contributed by atoms with Crippen LogP contribution in [-0.2, 0) is 11.5 Å². The van der Waals surface area contributed by atoms with Gasteiger partial charge >= 0.3 is 0 Å². The Morgan fingerprint density at radius 1 is 0.500 bits per heavy atom. The van der Waals surface area contributed by atoms with Crippen molar-refractivity contribution >= 4 is 45.3 Å². The maximum Gasteiger partial charge on any atom is 0.0973 e. The molecule has 6 rings (SSSR count). The van der Waals surface area contributed by atoms with E-state index in [9.17, 15) is 0 Å². The van der Waals surface area contributed by atoms with Crippen LogP contribution in [0.4, 0.5) is 0 Å². The number of hydrogen-bond donors (Lipinski definition) is 0. The van der Waals surface area contributed by atoms with Gasteiger partial charge < -0.3 is 0 Å². The summed E-state index contributed by atoms with van der Waals surface area (Å²) in [7, 11) is 0. The Kier molecular flexibility index (Phi) is 7.17. The van der Waals surface area contributed by atoms with Crippen LogP contribution in [0.2, 0.25) is 0 Å². The highest BCUT2D eigenvalue weighted by Gasteiger charge is 2.06. The van der Waals surface area contributed by atoms with Crippen LogP contribution in [0.1, 0.15) is 22.3 Å². The molecule has 0 aliphatic heterocycles. The first-order valence-electron chi connectivity index (χ1n) is 12.8. The summed E-state index contributed by atoms with van der Waals surface area (Å²) in [5.41, 5.74) is 9.77. The van der Waals surface area contributed by atoms with Crippen molar-refractivity contribution in [3.63, 3.8) is 0 Å². The molecule has 0 aliphatic rings. The fraction of sp³-hybridized carbons (Fsp3) is 0.118. The third kappa shape index (κ3) is 5.47. The molecule has 0 saturated carbocycles. The van der Waals surface area contributed by atoms with Gasteiger partial charge in [-0.3, -0.25) is 0 Å². The Hall–Kier alpha value is -3.60. The Morgan fingerprint density at radius 3 is 1.32 bits per heavy atom. The molecule has 0 atom stereocenters. The van der Waals surface area contributed by atoms with Crippen LogP contribution in [0, 0.1) is 13.8 Å². The molecule has 38 heavy (non-hydrogen) atoms. The van der Waals surface area contributed by atoms with Gasteiger partial charge in [-0.2, -0.15) is 0 Å². The molecule has 0 unspecified atom stereocenters. The molecule has 0 bridgehead atoms. The Morgan fingerprint density at radius 2 is 0.895 bits per heavy atom. The van der Waals surface area contributed by atoms with Crippen LogP contribution in [0.25, 0.3) is 32.9 Å². The van der Waals surface area contributed by atoms with Crippen molar-refractivity contribution in [3.05, 3.63) is 131 Å². The summed E-state index contributed by atoms with van der Waals surface area (Å²) >= 11 is 3.59. The number of aromatic nitrogens is 2. The third-order valence-electron chi connectivity index (χ3n) is 6.81. The molecule has 0 N–H and O–H groups in total. The van der Waals surface area contributed by atoms with E-state index in [2.05, 4.69) is 123 Å². The molecule has 4 heteroatoms. The number of para-hydroxylation sites is 2. The molecule has 0 aliphatic carbocycles. The standard InChI is InChI=1S/C34H28N2S2/c1-23-19-33(35-31-9-5-3-7-29(23)31)37-21-25-11-15-27(16-12-25)28-17-13-26(14-18-28)22-38-34-20-24(2)30-8-4-6-10-32(30)36-34/h3-20H,21-22H2,1-2H3. The van der Waals surface area contributed by atoms with Crippen LogP contribution in [0.5, 0.6) is 0 Å². The molecule has 0 saturated heterocycles. The van der Waals surface area contributed by atoms with Gasteiger partial charge in [-0.15, -0.1) is 23.5 Å². The predicted molar refractivity (Wildman–Crippen MR) is 164 cm³/mol. The molecule has 0 spiro atoms. The first-order chi connectivity index (χ1) is 18.6. The number of aryl methyl sites for hydroxylation is 2. The van der Waals surface area contributed by atoms with Gasteiger partial charge in [0.15, 0.2) is 0 Å². The molecule has 2 heterocycles. The molecule has 2 nitrogen and oxygen atoms in total. The van der Waals surface area contributed by atoms with Gasteiger partial charge in [-0.25, -0.2) is 9.97 Å². The van der Waals surface area contributed by atoms with Crippen molar-refractivity contribution in [3.8, 4) is 11.1 Å². The van der Waals surface area contributed by atoms with Gasteiger partial charge in [-0.05, 0) is 71.5 Å². The monoisotopic (exact) mass is 528 g/mol. The topological polar surface area (TPSA) is 25.8 Å². The fourth-order valence-corrected chi connectivity index (χ4v) is 6.55. The third-order valence-corrected chi connectivity index (χ3v) is 8.78. The normalized spacial score (nSPS) is 11.3. The number of pyridine rings is 2. The van der Waals surface area contributed by atoms with Gasteiger partial charge in [0.25, 0.3) is 0 Å². The van der Waals surface area contributed by atoms with Crippen LogP contribution in [-0.4, -0.2) is 9.97 Å². The van der Waals surface area contributed by atoms with E-state index in [1.54, 1.807) is 23.5 Å². The number of rotatable bonds is 7. The van der Waals surface area contributed by atoms with Crippen LogP contribution < -0.4 is 0 Å². The van der Waals surface area contributed by atoms with Crippen molar-refractivity contribution in [2.75, 3.05) is 0 Å². The smallest absolute Gasteiger partial charge is 0.0973 e. The van der Waals surface area contributed by atoms with E-state index in [4.69, 9.17) is 9.97 Å². The summed E-state index contributed by atoms with van der Waals surface area (Å²) in [5, 5.41) is 4.61. The summed E-state index contributed by atoms with van der Waals surface area (Å²) in [6.07, 6.45) is 0. The second-order valence-corrected chi connectivity index (χ2v) is 11.6. The van der Waals surface area contributed by atoms with E-state index in [0.717, 1.165) is 32.6 Å². The van der Waals surface area contributed by atoms with Crippen molar-refractivity contribution in [1.29, 1.82) is 0 Å². The van der Waals surface area contributed by atoms with Gasteiger partial charge in [0.1, 0.15) is 0 Å². The second kappa shape index (κ2) is 11.0. The van der Waals surface area contributed by atoms with Gasteiger partial charge in [0, 0.05) is 22.3 Å². The van der Waals surface area contributed by atoms with Crippen molar-refractivity contribution in [1.82, 2.24) is 9.97 Å². The average Bonchev–Trinajstić information content (AvgIpc) is 2.96. The minimum Gasteiger partial charge on any atom is -0.241 e. The van der Waals surface area contributed by atoms with Gasteiger partial charge in [0.05, 0.1) is 21.1 Å². The molecule has 4 aromatic carbocycles. The summed E-state index contributed by atoms with van der Waals surface area (Å²) in [6, 6.07) is 38.9. The minimum atomic E-state index is 0.906. The number of nitrogens with zero attached hydrogens (tertiary/aromatic N) is 2. The Bertz CT molecular complexity index is 1590. The number of benzene rings is 4. The van der Waals surface area contributed by atoms with Crippen LogP contribution in [0.15, 0.2) is 119 Å². The molecule has 0 amide bonds. The SMILES string of the molecule is Cc1cc(SCc2ccc(-c3ccc(CSc4cc(C)c5ccccc5n4)cc3)cc2)nc2ccccc12. The lowest BCUT2D eigenvalue weighted by Gasteiger charge is -2.08. The molecule has 6 aromatic rings. The van der Waals surface area contributed by atoms with Crippen molar-refractivity contribution < 1.29 is 0 Å². The average molecular weight is 529 g/mol. The molecule has 0 radical (unpaired) electrons. The molecular weight excluding hydrogens is 501 g/mol. The van der Waals surface area contributed by atoms with E-state index in [1.807, 2.05) is 0 Å². The molecule has 2 aromatic heterocycles. The second-order valence-electron chi connectivity index (χ2n) is 9.56. The summed E-state index contributed by atoms with van der Waals surface area (Å²) < 4.78 is 0. The first kappa shape index (κ1) is 24.7. The van der Waals surface area contributed by atoms with Gasteiger partial charge in [0.2, 0.25) is 0 Å². The maximum atomic E-state index is 4.83. The zero-order valence-corrected chi connectivity index (χ0v) is 23.2. The Labute approximate surface area is 232 Å². The van der Waals surface area contributed by atoms with Gasteiger partial charge in [-0.1, -0.05) is 84.9 Å². The van der Waals surface area contributed by atoms with E-state index in [1.165, 1.54) is 44.2 Å². The minimum absolute atomic E-state index is 0.906. The zero-order valence-electron chi connectivity index (χ0n) is 21.5. The highest BCUT2D eigenvalue weighted by atomic mass is 32.2. The van der Waals surface area contributed by atoms with E-state index in [-0.39, 0.29) is 0 Å². The Balaban J connectivity index is 1.08. The number of fused-ring (bicyclic) bond motifs is 2. The first-order valence-corrected chi connectivity index (χ1v) is 14.8. The van der Waals surface area contributed by atoms with Crippen molar-refractivity contribution in [2.45, 2.75) is 35.4 Å². The molecule has 0 fully saturated rings. The predicted octanol–water partition coefficient (Wildman–Crippen LogP) is 9.65. The lowest BCUT2D eigenvalue weighted by atomic mass is 10.0. The number of hydrogen-bond acceptors (Lipinski definition) is 4.